The highest BCUT2D eigenvalue weighted by Gasteiger charge is 2.34. The predicted octanol–water partition coefficient (Wildman–Crippen LogP) is 2.15. The average molecular weight is 247 g/mol. The molecule has 4 nitrogen and oxygen atoms in total. The average Bonchev–Trinajstić information content (AvgIpc) is 2.44. The molecule has 0 aromatic rings. The second kappa shape index (κ2) is 6.18. The maximum Gasteiger partial charge on any atom is 0.348 e. The summed E-state index contributed by atoms with van der Waals surface area (Å²) < 4.78 is 10.1. The van der Waals surface area contributed by atoms with Crippen LogP contribution in [0, 0.1) is 17.2 Å². The third-order valence-electron chi connectivity index (χ3n) is 3.18. The van der Waals surface area contributed by atoms with Gasteiger partial charge in [0.2, 0.25) is 0 Å². The van der Waals surface area contributed by atoms with Gasteiger partial charge in [0.05, 0.1) is 12.7 Å². The molecular formula is C14H17NO3. The Hall–Kier alpha value is -1.86. The Balaban J connectivity index is 3.11. The summed E-state index contributed by atoms with van der Waals surface area (Å²) >= 11 is 0. The minimum atomic E-state index is -0.624. The fourth-order valence-corrected chi connectivity index (χ4v) is 2.02. The molecule has 0 heterocycles. The van der Waals surface area contributed by atoms with Crippen molar-refractivity contribution in [3.8, 4) is 6.07 Å². The van der Waals surface area contributed by atoms with Crippen LogP contribution in [0.15, 0.2) is 36.0 Å². The Labute approximate surface area is 107 Å². The fourth-order valence-electron chi connectivity index (χ4n) is 2.02. The van der Waals surface area contributed by atoms with Gasteiger partial charge < -0.3 is 9.47 Å². The smallest absolute Gasteiger partial charge is 0.348 e. The molecule has 1 rings (SSSR count). The molecule has 0 aliphatic heterocycles. The second-order valence-electron chi connectivity index (χ2n) is 3.97. The zero-order valence-corrected chi connectivity index (χ0v) is 10.8. The largest absolute Gasteiger partial charge is 0.465 e. The van der Waals surface area contributed by atoms with Crippen molar-refractivity contribution >= 4 is 5.97 Å². The Kier molecular flexibility index (Phi) is 4.87. The summed E-state index contributed by atoms with van der Waals surface area (Å²) in [6, 6.07) is 1.86. The molecule has 0 N–H and O–H groups in total. The van der Waals surface area contributed by atoms with E-state index in [4.69, 9.17) is 10.00 Å². The maximum atomic E-state index is 11.4. The molecule has 0 saturated heterocycles. The molecular weight excluding hydrogens is 230 g/mol. The van der Waals surface area contributed by atoms with Gasteiger partial charge in [0, 0.05) is 13.0 Å². The molecule has 0 amide bonds. The summed E-state index contributed by atoms with van der Waals surface area (Å²) in [4.78, 5) is 11.4. The van der Waals surface area contributed by atoms with Crippen LogP contribution in [0.3, 0.4) is 0 Å². The highest BCUT2D eigenvalue weighted by molar-refractivity contribution is 5.92. The summed E-state index contributed by atoms with van der Waals surface area (Å²) in [5, 5.41) is 8.97. The summed E-state index contributed by atoms with van der Waals surface area (Å²) in [5.74, 6) is -0.784. The summed E-state index contributed by atoms with van der Waals surface area (Å²) in [6.07, 6.45) is 9.97. The molecule has 0 saturated carbocycles. The molecule has 0 radical (unpaired) electrons. The molecule has 1 aliphatic rings. The van der Waals surface area contributed by atoms with Crippen LogP contribution in [-0.4, -0.2) is 25.8 Å². The molecule has 0 spiro atoms. The Bertz CT molecular complexity index is 436. The standard InChI is InChI=1S/C14H17NO3/c1-4-14(18-3)8-6-5-7-12(14)9-11(10-15)13(16)17-2/h5-9,12H,4H2,1-3H3. The monoisotopic (exact) mass is 247 g/mol. The van der Waals surface area contributed by atoms with Crippen LogP contribution >= 0.6 is 0 Å². The molecule has 2 unspecified atom stereocenters. The molecule has 18 heavy (non-hydrogen) atoms. The predicted molar refractivity (Wildman–Crippen MR) is 67.5 cm³/mol. The van der Waals surface area contributed by atoms with Gasteiger partial charge >= 0.3 is 5.97 Å². The van der Waals surface area contributed by atoms with E-state index in [1.54, 1.807) is 13.2 Å². The van der Waals surface area contributed by atoms with E-state index in [0.29, 0.717) is 0 Å². The minimum absolute atomic E-state index is 0.00248. The van der Waals surface area contributed by atoms with Crippen molar-refractivity contribution in [3.63, 3.8) is 0 Å². The van der Waals surface area contributed by atoms with E-state index in [9.17, 15) is 4.79 Å². The van der Waals surface area contributed by atoms with Gasteiger partial charge in [-0.05, 0) is 12.5 Å². The first-order valence-electron chi connectivity index (χ1n) is 5.75. The molecule has 2 atom stereocenters. The number of rotatable bonds is 4. The first-order chi connectivity index (χ1) is 8.63. The van der Waals surface area contributed by atoms with Crippen molar-refractivity contribution in [3.05, 3.63) is 36.0 Å². The van der Waals surface area contributed by atoms with E-state index in [0.717, 1.165) is 6.42 Å². The Morgan fingerprint density at radius 2 is 2.22 bits per heavy atom. The van der Waals surface area contributed by atoms with Gasteiger partial charge in [-0.2, -0.15) is 5.26 Å². The van der Waals surface area contributed by atoms with E-state index in [-0.39, 0.29) is 11.5 Å². The maximum absolute atomic E-state index is 11.4. The van der Waals surface area contributed by atoms with Crippen LogP contribution in [0.2, 0.25) is 0 Å². The molecule has 0 aromatic carbocycles. The molecule has 4 heteroatoms. The van der Waals surface area contributed by atoms with Crippen LogP contribution in [0.5, 0.6) is 0 Å². The molecule has 1 aliphatic carbocycles. The molecule has 0 fully saturated rings. The van der Waals surface area contributed by atoms with Gasteiger partial charge in [0.15, 0.2) is 0 Å². The van der Waals surface area contributed by atoms with Crippen molar-refractivity contribution in [2.24, 2.45) is 5.92 Å². The highest BCUT2D eigenvalue weighted by atomic mass is 16.5. The number of nitriles is 1. The number of methoxy groups -OCH3 is 2. The van der Waals surface area contributed by atoms with Crippen LogP contribution in [0.1, 0.15) is 13.3 Å². The number of hydrogen-bond donors (Lipinski definition) is 0. The van der Waals surface area contributed by atoms with Gasteiger partial charge in [0.25, 0.3) is 0 Å². The number of esters is 1. The number of hydrogen-bond acceptors (Lipinski definition) is 4. The lowest BCUT2D eigenvalue weighted by atomic mass is 9.80. The zero-order chi connectivity index (χ0) is 13.6. The summed E-state index contributed by atoms with van der Waals surface area (Å²) in [5.41, 5.74) is -0.512. The summed E-state index contributed by atoms with van der Waals surface area (Å²) in [7, 11) is 2.88. The number of allylic oxidation sites excluding steroid dienone is 2. The first-order valence-corrected chi connectivity index (χ1v) is 5.75. The van der Waals surface area contributed by atoms with E-state index < -0.39 is 11.6 Å². The molecule has 0 aromatic heterocycles. The number of nitrogens with zero attached hydrogens (tertiary/aromatic N) is 1. The topological polar surface area (TPSA) is 59.3 Å². The first kappa shape index (κ1) is 14.2. The number of carbonyl (C=O) groups is 1. The lowest BCUT2D eigenvalue weighted by Crippen LogP contribution is -2.37. The third-order valence-corrected chi connectivity index (χ3v) is 3.18. The van der Waals surface area contributed by atoms with Crippen molar-refractivity contribution in [1.29, 1.82) is 5.26 Å². The second-order valence-corrected chi connectivity index (χ2v) is 3.97. The van der Waals surface area contributed by atoms with Crippen LogP contribution in [0.4, 0.5) is 0 Å². The van der Waals surface area contributed by atoms with Crippen molar-refractivity contribution in [2.75, 3.05) is 14.2 Å². The third kappa shape index (κ3) is 2.69. The van der Waals surface area contributed by atoms with Crippen LogP contribution < -0.4 is 0 Å². The van der Waals surface area contributed by atoms with E-state index in [1.807, 2.05) is 37.3 Å². The van der Waals surface area contributed by atoms with E-state index in [1.165, 1.54) is 7.11 Å². The van der Waals surface area contributed by atoms with E-state index in [2.05, 4.69) is 4.74 Å². The molecule has 96 valence electrons. The number of ether oxygens (including phenoxy) is 2. The van der Waals surface area contributed by atoms with Crippen molar-refractivity contribution < 1.29 is 14.3 Å². The van der Waals surface area contributed by atoms with Gasteiger partial charge in [-0.25, -0.2) is 4.79 Å². The van der Waals surface area contributed by atoms with Crippen LogP contribution in [0.25, 0.3) is 0 Å². The highest BCUT2D eigenvalue weighted by Crippen LogP contribution is 2.33. The SMILES string of the molecule is CCC1(OC)C=CC=CC1C=C(C#N)C(=O)OC. The van der Waals surface area contributed by atoms with Crippen molar-refractivity contribution in [2.45, 2.75) is 18.9 Å². The van der Waals surface area contributed by atoms with E-state index >= 15 is 0 Å². The van der Waals surface area contributed by atoms with Gasteiger partial charge in [0.1, 0.15) is 11.6 Å². The van der Waals surface area contributed by atoms with Gasteiger partial charge in [-0.1, -0.05) is 31.2 Å². The van der Waals surface area contributed by atoms with Crippen molar-refractivity contribution in [1.82, 2.24) is 0 Å². The quantitative estimate of drug-likeness (QED) is 0.434. The van der Waals surface area contributed by atoms with Gasteiger partial charge in [-0.3, -0.25) is 0 Å². The van der Waals surface area contributed by atoms with Crippen LogP contribution in [-0.2, 0) is 14.3 Å². The Morgan fingerprint density at radius 3 is 2.72 bits per heavy atom. The fraction of sp³-hybridized carbons (Fsp3) is 0.429. The molecule has 0 bridgehead atoms. The Morgan fingerprint density at radius 1 is 1.50 bits per heavy atom. The van der Waals surface area contributed by atoms with Gasteiger partial charge in [-0.15, -0.1) is 0 Å². The number of carbonyl (C=O) groups excluding carboxylic acids is 1. The lowest BCUT2D eigenvalue weighted by molar-refractivity contribution is -0.135. The lowest BCUT2D eigenvalue weighted by Gasteiger charge is -2.35. The minimum Gasteiger partial charge on any atom is -0.465 e. The zero-order valence-electron chi connectivity index (χ0n) is 10.8. The normalized spacial score (nSPS) is 26.8. The summed E-state index contributed by atoms with van der Waals surface area (Å²) in [6.45, 7) is 2.00.